The van der Waals surface area contributed by atoms with Gasteiger partial charge in [-0.05, 0) is 30.1 Å². The largest absolute Gasteiger partial charge is 0.256 e. The van der Waals surface area contributed by atoms with E-state index in [1.54, 1.807) is 12.3 Å². The Bertz CT molecular complexity index is 1480. The molecule has 0 fully saturated rings. The van der Waals surface area contributed by atoms with Crippen molar-refractivity contribution in [1.29, 1.82) is 21.0 Å². The van der Waals surface area contributed by atoms with Crippen LogP contribution in [0.4, 0.5) is 0 Å². The lowest BCUT2D eigenvalue weighted by Crippen LogP contribution is -1.89. The molecule has 2 heterocycles. The molecule has 0 bridgehead atoms. The van der Waals surface area contributed by atoms with Gasteiger partial charge in [0.2, 0.25) is 0 Å². The fourth-order valence-corrected chi connectivity index (χ4v) is 5.86. The van der Waals surface area contributed by atoms with Crippen LogP contribution in [0.1, 0.15) is 33.7 Å². The highest BCUT2D eigenvalue weighted by atomic mass is 32.1. The molecule has 0 radical (unpaired) electrons. The van der Waals surface area contributed by atoms with Crippen molar-refractivity contribution < 1.29 is 0 Å². The molecule has 31 heavy (non-hydrogen) atoms. The molecule has 6 heteroatoms. The maximum Gasteiger partial charge on any atom is 0.139 e. The summed E-state index contributed by atoms with van der Waals surface area (Å²) in [5, 5.41) is 38.5. The molecule has 0 unspecified atom stereocenters. The summed E-state index contributed by atoms with van der Waals surface area (Å²) in [5.41, 5.74) is 6.64. The average molecular weight is 413 g/mol. The third-order valence-electron chi connectivity index (χ3n) is 5.59. The molecule has 0 aliphatic heterocycles. The summed E-state index contributed by atoms with van der Waals surface area (Å²) < 4.78 is 0. The van der Waals surface area contributed by atoms with Crippen molar-refractivity contribution >= 4 is 28.1 Å². The Kier molecular flexibility index (Phi) is 4.24. The van der Waals surface area contributed by atoms with Crippen molar-refractivity contribution in [2.24, 2.45) is 0 Å². The van der Waals surface area contributed by atoms with Crippen LogP contribution < -0.4 is 0 Å². The molecule has 3 aliphatic carbocycles. The van der Waals surface area contributed by atoms with Gasteiger partial charge in [0.15, 0.2) is 0 Å². The molecule has 0 amide bonds. The summed E-state index contributed by atoms with van der Waals surface area (Å²) in [4.78, 5) is 6.23. The van der Waals surface area contributed by atoms with Crippen LogP contribution in [0.2, 0.25) is 0 Å². The van der Waals surface area contributed by atoms with Crippen LogP contribution in [0.5, 0.6) is 0 Å². The Morgan fingerprint density at radius 1 is 0.903 bits per heavy atom. The predicted octanol–water partition coefficient (Wildman–Crippen LogP) is 5.45. The number of thiophene rings is 1. The Morgan fingerprint density at radius 2 is 1.61 bits per heavy atom. The first-order valence-corrected chi connectivity index (χ1v) is 10.4. The van der Waals surface area contributed by atoms with Gasteiger partial charge in [-0.25, -0.2) is 0 Å². The Hall–Kier alpha value is -4.49. The van der Waals surface area contributed by atoms with E-state index >= 15 is 0 Å². The first kappa shape index (κ1) is 18.5. The van der Waals surface area contributed by atoms with Crippen LogP contribution in [-0.4, -0.2) is 4.98 Å². The second kappa shape index (κ2) is 7.08. The van der Waals surface area contributed by atoms with Crippen molar-refractivity contribution in [3.8, 4) is 35.5 Å². The summed E-state index contributed by atoms with van der Waals surface area (Å²) in [6.45, 7) is 0. The molecule has 2 aromatic rings. The molecule has 0 atom stereocenters. The third kappa shape index (κ3) is 2.47. The summed E-state index contributed by atoms with van der Waals surface area (Å²) >= 11 is 1.43. The topological polar surface area (TPSA) is 108 Å². The maximum atomic E-state index is 9.66. The Labute approximate surface area is 182 Å². The lowest BCUT2D eigenvalue weighted by molar-refractivity contribution is 1.07. The highest BCUT2D eigenvalue weighted by Gasteiger charge is 2.40. The van der Waals surface area contributed by atoms with Crippen molar-refractivity contribution in [3.63, 3.8) is 0 Å². The summed E-state index contributed by atoms with van der Waals surface area (Å²) in [5.74, 6) is 0. The van der Waals surface area contributed by atoms with Gasteiger partial charge in [-0.3, -0.25) is 4.98 Å². The molecule has 5 nitrogen and oxygen atoms in total. The van der Waals surface area contributed by atoms with E-state index in [0.29, 0.717) is 11.1 Å². The van der Waals surface area contributed by atoms with Crippen molar-refractivity contribution in [3.05, 3.63) is 80.2 Å². The van der Waals surface area contributed by atoms with Crippen LogP contribution in [0.15, 0.2) is 59.4 Å². The van der Waals surface area contributed by atoms with E-state index in [4.69, 9.17) is 0 Å². The lowest BCUT2D eigenvalue weighted by atomic mass is 9.95. The minimum atomic E-state index is 0.0361. The molecule has 3 aliphatic rings. The summed E-state index contributed by atoms with van der Waals surface area (Å²) in [6.07, 6.45) is 11.2. The number of nitrogens with zero attached hydrogens (tertiary/aromatic N) is 5. The van der Waals surface area contributed by atoms with Gasteiger partial charge in [0.1, 0.15) is 35.4 Å². The SMILES string of the molecule is N#CC(C#N)=C1C2=C(CC/C=C\C=C/2)c2c1sc1c2-c2ncccc2C1=C(C#N)C#N. The van der Waals surface area contributed by atoms with Gasteiger partial charge >= 0.3 is 0 Å². The van der Waals surface area contributed by atoms with Crippen LogP contribution in [0.25, 0.3) is 28.0 Å². The van der Waals surface area contributed by atoms with Gasteiger partial charge in [0.05, 0.1) is 5.69 Å². The van der Waals surface area contributed by atoms with Gasteiger partial charge in [0.25, 0.3) is 0 Å². The normalized spacial score (nSPS) is 16.9. The zero-order valence-corrected chi connectivity index (χ0v) is 16.9. The van der Waals surface area contributed by atoms with Gasteiger partial charge in [0, 0.05) is 43.8 Å². The second-order valence-corrected chi connectivity index (χ2v) is 8.10. The molecule has 0 aromatic carbocycles. The van der Waals surface area contributed by atoms with E-state index in [1.165, 1.54) is 11.3 Å². The molecule has 2 aromatic heterocycles. The minimum Gasteiger partial charge on any atom is -0.256 e. The van der Waals surface area contributed by atoms with Gasteiger partial charge in [-0.1, -0.05) is 30.4 Å². The van der Waals surface area contributed by atoms with Crippen LogP contribution in [-0.2, 0) is 0 Å². The highest BCUT2D eigenvalue weighted by Crippen LogP contribution is 2.59. The van der Waals surface area contributed by atoms with Crippen molar-refractivity contribution in [2.45, 2.75) is 12.8 Å². The first-order chi connectivity index (χ1) is 15.2. The summed E-state index contributed by atoms with van der Waals surface area (Å²) in [6, 6.07) is 11.8. The molecule has 0 saturated carbocycles. The first-order valence-electron chi connectivity index (χ1n) is 9.54. The number of hydrogen-bond acceptors (Lipinski definition) is 6. The van der Waals surface area contributed by atoms with E-state index < -0.39 is 0 Å². The highest BCUT2D eigenvalue weighted by molar-refractivity contribution is 7.15. The van der Waals surface area contributed by atoms with E-state index in [1.807, 2.05) is 36.4 Å². The molecular formula is C25H11N5S. The number of fused-ring (bicyclic) bond motifs is 6. The van der Waals surface area contributed by atoms with Crippen LogP contribution in [0.3, 0.4) is 0 Å². The van der Waals surface area contributed by atoms with Gasteiger partial charge < -0.3 is 0 Å². The number of allylic oxidation sites excluding steroid dienone is 9. The summed E-state index contributed by atoms with van der Waals surface area (Å²) in [7, 11) is 0. The number of aromatic nitrogens is 1. The zero-order valence-electron chi connectivity index (χ0n) is 16.1. The number of rotatable bonds is 0. The monoisotopic (exact) mass is 413 g/mol. The third-order valence-corrected chi connectivity index (χ3v) is 6.82. The fraction of sp³-hybridized carbons (Fsp3) is 0.0800. The predicted molar refractivity (Wildman–Crippen MR) is 117 cm³/mol. The van der Waals surface area contributed by atoms with Crippen LogP contribution >= 0.6 is 11.3 Å². The fourth-order valence-electron chi connectivity index (χ4n) is 4.40. The molecule has 0 spiro atoms. The molecule has 142 valence electrons. The minimum absolute atomic E-state index is 0.0361. The molecule has 0 N–H and O–H groups in total. The Morgan fingerprint density at radius 3 is 2.35 bits per heavy atom. The van der Waals surface area contributed by atoms with E-state index in [0.717, 1.165) is 56.1 Å². The van der Waals surface area contributed by atoms with E-state index in [-0.39, 0.29) is 11.1 Å². The second-order valence-electron chi connectivity index (χ2n) is 7.08. The van der Waals surface area contributed by atoms with Crippen molar-refractivity contribution in [1.82, 2.24) is 4.98 Å². The van der Waals surface area contributed by atoms with Crippen LogP contribution in [0, 0.1) is 45.3 Å². The molecule has 0 saturated heterocycles. The molecular weight excluding hydrogens is 402 g/mol. The van der Waals surface area contributed by atoms with E-state index in [2.05, 4.69) is 23.2 Å². The molecule has 5 rings (SSSR count). The maximum absolute atomic E-state index is 9.66. The lowest BCUT2D eigenvalue weighted by Gasteiger charge is -2.08. The van der Waals surface area contributed by atoms with Gasteiger partial charge in [-0.15, -0.1) is 11.3 Å². The van der Waals surface area contributed by atoms with E-state index in [9.17, 15) is 21.0 Å². The quantitative estimate of drug-likeness (QED) is 0.456. The average Bonchev–Trinajstić information content (AvgIpc) is 3.38. The zero-order chi connectivity index (χ0) is 21.5. The standard InChI is InChI=1S/C25H11N5S/c26-10-14(11-27)19-16-6-3-1-2-4-7-17(16)21-22-23-18(8-5-9-30-23)20(15(12-28)13-29)25(22)31-24(19)21/h1-3,5-6,8-9H,4,7H2/b2-1-,6-3-. The number of hydrogen-bond donors (Lipinski definition) is 0. The van der Waals surface area contributed by atoms with Crippen molar-refractivity contribution in [2.75, 3.05) is 0 Å². The number of pyridine rings is 1. The Balaban J connectivity index is 1.95. The smallest absolute Gasteiger partial charge is 0.139 e. The van der Waals surface area contributed by atoms with Gasteiger partial charge in [-0.2, -0.15) is 21.0 Å². The number of nitriles is 4.